The molecule has 0 aliphatic rings. The van der Waals surface area contributed by atoms with Gasteiger partial charge < -0.3 is 5.32 Å². The number of thiazole rings is 1. The summed E-state index contributed by atoms with van der Waals surface area (Å²) < 4.78 is 25.5. The predicted octanol–water partition coefficient (Wildman–Crippen LogP) is 2.44. The average Bonchev–Trinajstić information content (AvgIpc) is 3.14. The van der Waals surface area contributed by atoms with E-state index in [1.165, 1.54) is 29.7 Å². The Morgan fingerprint density at radius 3 is 2.62 bits per heavy atom. The molecule has 0 aliphatic carbocycles. The molecule has 0 aromatic carbocycles. The maximum absolute atomic E-state index is 12.0. The van der Waals surface area contributed by atoms with E-state index in [9.17, 15) is 13.2 Å². The van der Waals surface area contributed by atoms with Gasteiger partial charge in [-0.3, -0.25) is 4.79 Å². The SMILES string of the molecule is CC(C)c1nc(CC(=O)NCc2ccc(S(=O)(=O)N(C)C)s2)cs1. The molecule has 1 N–H and O–H groups in total. The Morgan fingerprint density at radius 1 is 1.33 bits per heavy atom. The van der Waals surface area contributed by atoms with Gasteiger partial charge in [-0.15, -0.1) is 22.7 Å². The molecule has 9 heteroatoms. The monoisotopic (exact) mass is 387 g/mol. The van der Waals surface area contributed by atoms with Gasteiger partial charge in [-0.25, -0.2) is 17.7 Å². The zero-order valence-electron chi connectivity index (χ0n) is 14.1. The van der Waals surface area contributed by atoms with E-state index in [2.05, 4.69) is 24.1 Å². The van der Waals surface area contributed by atoms with Gasteiger partial charge in [-0.05, 0) is 12.1 Å². The van der Waals surface area contributed by atoms with Crippen LogP contribution in [-0.2, 0) is 27.8 Å². The van der Waals surface area contributed by atoms with E-state index in [4.69, 9.17) is 0 Å². The van der Waals surface area contributed by atoms with E-state index in [0.29, 0.717) is 12.5 Å². The zero-order valence-corrected chi connectivity index (χ0v) is 16.5. The van der Waals surface area contributed by atoms with Crippen LogP contribution in [0.1, 0.15) is 35.3 Å². The highest BCUT2D eigenvalue weighted by molar-refractivity contribution is 7.91. The number of hydrogen-bond acceptors (Lipinski definition) is 6. The number of amides is 1. The van der Waals surface area contributed by atoms with Crippen LogP contribution in [0, 0.1) is 0 Å². The summed E-state index contributed by atoms with van der Waals surface area (Å²) in [6.07, 6.45) is 0.234. The summed E-state index contributed by atoms with van der Waals surface area (Å²) in [6, 6.07) is 3.29. The molecule has 0 spiro atoms. The molecule has 132 valence electrons. The van der Waals surface area contributed by atoms with Crippen LogP contribution in [0.25, 0.3) is 0 Å². The molecule has 0 unspecified atom stereocenters. The molecule has 0 saturated carbocycles. The summed E-state index contributed by atoms with van der Waals surface area (Å²) in [7, 11) is -0.426. The largest absolute Gasteiger partial charge is 0.351 e. The van der Waals surface area contributed by atoms with Gasteiger partial charge >= 0.3 is 0 Å². The summed E-state index contributed by atoms with van der Waals surface area (Å²) in [5.74, 6) is 0.232. The summed E-state index contributed by atoms with van der Waals surface area (Å²) in [6.45, 7) is 4.45. The molecule has 2 rings (SSSR count). The zero-order chi connectivity index (χ0) is 17.9. The third kappa shape index (κ3) is 4.62. The smallest absolute Gasteiger partial charge is 0.252 e. The Kier molecular flexibility index (Phi) is 6.13. The number of rotatable bonds is 7. The third-order valence-electron chi connectivity index (χ3n) is 3.24. The van der Waals surface area contributed by atoms with Crippen molar-refractivity contribution in [3.8, 4) is 0 Å². The second-order valence-corrected chi connectivity index (χ2v) is 10.2. The predicted molar refractivity (Wildman–Crippen MR) is 96.9 cm³/mol. The van der Waals surface area contributed by atoms with Crippen molar-refractivity contribution in [3.63, 3.8) is 0 Å². The molecular weight excluding hydrogens is 366 g/mol. The number of aromatic nitrogens is 1. The summed E-state index contributed by atoms with van der Waals surface area (Å²) >= 11 is 2.73. The average molecular weight is 388 g/mol. The fraction of sp³-hybridized carbons (Fsp3) is 0.467. The molecule has 0 atom stereocenters. The number of thiophene rings is 1. The van der Waals surface area contributed by atoms with Crippen molar-refractivity contribution < 1.29 is 13.2 Å². The Morgan fingerprint density at radius 2 is 2.04 bits per heavy atom. The van der Waals surface area contributed by atoms with Crippen molar-refractivity contribution in [3.05, 3.63) is 33.1 Å². The molecule has 0 saturated heterocycles. The molecule has 2 aromatic rings. The van der Waals surface area contributed by atoms with Crippen LogP contribution < -0.4 is 5.32 Å². The number of nitrogens with zero attached hydrogens (tertiary/aromatic N) is 2. The van der Waals surface area contributed by atoms with Gasteiger partial charge in [0.25, 0.3) is 10.0 Å². The second-order valence-electron chi connectivity index (χ2n) is 5.79. The van der Waals surface area contributed by atoms with Gasteiger partial charge in [0.1, 0.15) is 4.21 Å². The van der Waals surface area contributed by atoms with Crippen molar-refractivity contribution in [2.45, 2.75) is 36.9 Å². The van der Waals surface area contributed by atoms with Crippen molar-refractivity contribution >= 4 is 38.6 Å². The van der Waals surface area contributed by atoms with Crippen molar-refractivity contribution in [2.75, 3.05) is 14.1 Å². The van der Waals surface area contributed by atoms with Gasteiger partial charge in [0.15, 0.2) is 0 Å². The molecule has 1 amide bonds. The minimum absolute atomic E-state index is 0.124. The molecule has 0 fully saturated rings. The fourth-order valence-electron chi connectivity index (χ4n) is 1.85. The van der Waals surface area contributed by atoms with E-state index < -0.39 is 10.0 Å². The van der Waals surface area contributed by atoms with Crippen LogP contribution >= 0.6 is 22.7 Å². The molecule has 0 bridgehead atoms. The first kappa shape index (κ1) is 19.0. The Labute approximate surface area is 150 Å². The van der Waals surface area contributed by atoms with Crippen LogP contribution in [-0.4, -0.2) is 37.7 Å². The second kappa shape index (κ2) is 7.73. The first-order valence-electron chi connectivity index (χ1n) is 7.42. The normalized spacial score (nSPS) is 12.1. The van der Waals surface area contributed by atoms with Crippen LogP contribution in [0.4, 0.5) is 0 Å². The molecule has 6 nitrogen and oxygen atoms in total. The van der Waals surface area contributed by atoms with E-state index in [-0.39, 0.29) is 16.5 Å². The lowest BCUT2D eigenvalue weighted by Crippen LogP contribution is -2.24. The lowest BCUT2D eigenvalue weighted by Gasteiger charge is -2.08. The molecular formula is C15H21N3O3S3. The van der Waals surface area contributed by atoms with E-state index in [0.717, 1.165) is 15.6 Å². The fourth-order valence-corrected chi connectivity index (χ4v) is 5.15. The lowest BCUT2D eigenvalue weighted by molar-refractivity contribution is -0.120. The Bertz CT molecular complexity index is 807. The van der Waals surface area contributed by atoms with Crippen LogP contribution in [0.15, 0.2) is 21.7 Å². The highest BCUT2D eigenvalue weighted by Crippen LogP contribution is 2.23. The quantitative estimate of drug-likeness (QED) is 0.791. The van der Waals surface area contributed by atoms with Crippen LogP contribution in [0.2, 0.25) is 0 Å². The van der Waals surface area contributed by atoms with E-state index in [1.54, 1.807) is 23.5 Å². The van der Waals surface area contributed by atoms with Crippen molar-refractivity contribution in [1.82, 2.24) is 14.6 Å². The molecule has 0 radical (unpaired) electrons. The van der Waals surface area contributed by atoms with E-state index in [1.807, 2.05) is 5.38 Å². The van der Waals surface area contributed by atoms with Gasteiger partial charge in [-0.1, -0.05) is 13.8 Å². The molecule has 24 heavy (non-hydrogen) atoms. The Hall–Kier alpha value is -1.29. The van der Waals surface area contributed by atoms with Crippen molar-refractivity contribution in [1.29, 1.82) is 0 Å². The number of carbonyl (C=O) groups excluding carboxylic acids is 1. The van der Waals surface area contributed by atoms with Crippen LogP contribution in [0.5, 0.6) is 0 Å². The number of nitrogens with one attached hydrogen (secondary N) is 1. The van der Waals surface area contributed by atoms with Gasteiger partial charge in [0.05, 0.1) is 23.7 Å². The summed E-state index contributed by atoms with van der Waals surface area (Å²) in [5, 5.41) is 5.73. The van der Waals surface area contributed by atoms with Gasteiger partial charge in [0.2, 0.25) is 5.91 Å². The highest BCUT2D eigenvalue weighted by Gasteiger charge is 2.19. The third-order valence-corrected chi connectivity index (χ3v) is 7.80. The number of hydrogen-bond donors (Lipinski definition) is 1. The standard InChI is InChI=1S/C15H21N3O3S3/c1-10(2)15-17-11(9-22-15)7-13(19)16-8-12-5-6-14(23-12)24(20,21)18(3)4/h5-6,9-10H,7-8H2,1-4H3,(H,16,19). The van der Waals surface area contributed by atoms with Crippen molar-refractivity contribution in [2.24, 2.45) is 0 Å². The van der Waals surface area contributed by atoms with Crippen LogP contribution in [0.3, 0.4) is 0 Å². The topological polar surface area (TPSA) is 79.4 Å². The first-order chi connectivity index (χ1) is 11.2. The highest BCUT2D eigenvalue weighted by atomic mass is 32.2. The van der Waals surface area contributed by atoms with Gasteiger partial charge in [-0.2, -0.15) is 0 Å². The molecule has 0 aliphatic heterocycles. The molecule has 2 heterocycles. The number of carbonyl (C=O) groups is 1. The van der Waals surface area contributed by atoms with E-state index >= 15 is 0 Å². The first-order valence-corrected chi connectivity index (χ1v) is 10.6. The Balaban J connectivity index is 1.91. The lowest BCUT2D eigenvalue weighted by atomic mass is 10.2. The minimum Gasteiger partial charge on any atom is -0.351 e. The van der Waals surface area contributed by atoms with Gasteiger partial charge in [0, 0.05) is 30.3 Å². The number of sulfonamides is 1. The molecule has 2 aromatic heterocycles. The minimum atomic E-state index is -3.42. The summed E-state index contributed by atoms with van der Waals surface area (Å²) in [5.41, 5.74) is 0.767. The maximum Gasteiger partial charge on any atom is 0.252 e. The summed E-state index contributed by atoms with van der Waals surface area (Å²) in [4.78, 5) is 17.2. The maximum atomic E-state index is 12.0.